The van der Waals surface area contributed by atoms with Crippen molar-refractivity contribution < 1.29 is 13.6 Å². The molecule has 2 rings (SSSR count). The van der Waals surface area contributed by atoms with E-state index in [9.17, 15) is 13.6 Å². The van der Waals surface area contributed by atoms with Crippen molar-refractivity contribution in [3.05, 3.63) is 52.6 Å². The van der Waals surface area contributed by atoms with Crippen LogP contribution in [0.15, 0.2) is 24.3 Å². The summed E-state index contributed by atoms with van der Waals surface area (Å²) >= 11 is 0. The molecule has 6 heteroatoms. The van der Waals surface area contributed by atoms with E-state index in [4.69, 9.17) is 0 Å². The van der Waals surface area contributed by atoms with Crippen molar-refractivity contribution in [3.63, 3.8) is 0 Å². The maximum absolute atomic E-state index is 12.7. The Hall–Kier alpha value is -2.37. The molecule has 0 unspecified atom stereocenters. The van der Waals surface area contributed by atoms with Crippen LogP contribution in [-0.4, -0.2) is 15.9 Å². The van der Waals surface area contributed by atoms with Gasteiger partial charge in [-0.25, -0.2) is 18.7 Å². The number of hydrogen-bond donors (Lipinski definition) is 1. The Balaban J connectivity index is 2.28. The number of benzene rings is 1. The van der Waals surface area contributed by atoms with Crippen LogP contribution in [0.25, 0.3) is 0 Å². The number of nitrogens with zero attached hydrogens (tertiary/aromatic N) is 2. The van der Waals surface area contributed by atoms with Crippen LogP contribution in [-0.2, 0) is 0 Å². The van der Waals surface area contributed by atoms with Gasteiger partial charge in [-0.15, -0.1) is 0 Å². The molecule has 1 amide bonds. The van der Waals surface area contributed by atoms with Crippen molar-refractivity contribution in [1.29, 1.82) is 0 Å². The number of carbonyl (C=O) groups excluding carboxylic acids is 1. The molecular formula is C15H15F2N3O. The Morgan fingerprint density at radius 3 is 2.24 bits per heavy atom. The Labute approximate surface area is 121 Å². The third-order valence-electron chi connectivity index (χ3n) is 2.79. The monoisotopic (exact) mass is 291 g/mol. The Bertz CT molecular complexity index is 666. The summed E-state index contributed by atoms with van der Waals surface area (Å²) in [6.07, 6.45) is -2.74. The maximum atomic E-state index is 12.7. The average molecular weight is 291 g/mol. The highest BCUT2D eigenvalue weighted by Gasteiger charge is 2.16. The van der Waals surface area contributed by atoms with E-state index in [1.807, 2.05) is 19.9 Å². The van der Waals surface area contributed by atoms with E-state index in [0.29, 0.717) is 5.69 Å². The van der Waals surface area contributed by atoms with E-state index >= 15 is 0 Å². The fourth-order valence-corrected chi connectivity index (χ4v) is 2.06. The molecule has 1 aromatic carbocycles. The van der Waals surface area contributed by atoms with Crippen molar-refractivity contribution in [2.75, 3.05) is 5.32 Å². The third-order valence-corrected chi connectivity index (χ3v) is 2.79. The molecule has 0 atom stereocenters. The minimum Gasteiger partial charge on any atom is -0.321 e. The summed E-state index contributed by atoms with van der Waals surface area (Å²) in [5.41, 5.74) is 2.08. The number of hydrogen-bond acceptors (Lipinski definition) is 3. The van der Waals surface area contributed by atoms with E-state index in [2.05, 4.69) is 15.3 Å². The summed E-state index contributed by atoms with van der Waals surface area (Å²) in [5.74, 6) is -0.397. The number of anilines is 1. The number of halogens is 2. The SMILES string of the molecule is Cc1cc(C)cc(NC(=O)c2cc(C(F)F)nc(C)n2)c1. The summed E-state index contributed by atoms with van der Waals surface area (Å²) in [4.78, 5) is 19.6. The van der Waals surface area contributed by atoms with Gasteiger partial charge in [0.1, 0.15) is 17.2 Å². The molecule has 0 saturated carbocycles. The van der Waals surface area contributed by atoms with Gasteiger partial charge < -0.3 is 5.32 Å². The lowest BCUT2D eigenvalue weighted by atomic mass is 10.1. The van der Waals surface area contributed by atoms with Crippen molar-refractivity contribution in [2.45, 2.75) is 27.2 Å². The fraction of sp³-hybridized carbons (Fsp3) is 0.267. The molecule has 0 radical (unpaired) electrons. The second-order valence-electron chi connectivity index (χ2n) is 4.86. The van der Waals surface area contributed by atoms with Crippen LogP contribution >= 0.6 is 0 Å². The first-order chi connectivity index (χ1) is 9.85. The van der Waals surface area contributed by atoms with Crippen LogP contribution in [0.4, 0.5) is 14.5 Å². The molecule has 0 saturated heterocycles. The third kappa shape index (κ3) is 3.81. The summed E-state index contributed by atoms with van der Waals surface area (Å²) in [7, 11) is 0. The van der Waals surface area contributed by atoms with E-state index in [1.54, 1.807) is 12.1 Å². The van der Waals surface area contributed by atoms with Crippen molar-refractivity contribution in [3.8, 4) is 0 Å². The lowest BCUT2D eigenvalue weighted by molar-refractivity contribution is 0.102. The number of carbonyl (C=O) groups is 1. The lowest BCUT2D eigenvalue weighted by Crippen LogP contribution is -2.16. The second kappa shape index (κ2) is 5.95. The summed E-state index contributed by atoms with van der Waals surface area (Å²) < 4.78 is 25.4. The van der Waals surface area contributed by atoms with Crippen LogP contribution in [0.2, 0.25) is 0 Å². The number of aryl methyl sites for hydroxylation is 3. The Morgan fingerprint density at radius 1 is 1.05 bits per heavy atom. The normalized spacial score (nSPS) is 10.8. The van der Waals surface area contributed by atoms with Crippen molar-refractivity contribution in [1.82, 2.24) is 9.97 Å². The molecule has 0 fully saturated rings. The molecule has 21 heavy (non-hydrogen) atoms. The lowest BCUT2D eigenvalue weighted by Gasteiger charge is -2.08. The Morgan fingerprint density at radius 2 is 1.67 bits per heavy atom. The number of alkyl halides is 2. The molecule has 0 aliphatic carbocycles. The molecular weight excluding hydrogens is 276 g/mol. The first-order valence-corrected chi connectivity index (χ1v) is 6.38. The first-order valence-electron chi connectivity index (χ1n) is 6.38. The van der Waals surface area contributed by atoms with Gasteiger partial charge in [0.05, 0.1) is 0 Å². The van der Waals surface area contributed by atoms with Gasteiger partial charge in [0, 0.05) is 5.69 Å². The van der Waals surface area contributed by atoms with Gasteiger partial charge in [-0.1, -0.05) is 6.07 Å². The molecule has 1 heterocycles. The summed E-state index contributed by atoms with van der Waals surface area (Å²) in [5, 5.41) is 2.66. The van der Waals surface area contributed by atoms with E-state index in [1.165, 1.54) is 6.92 Å². The molecule has 1 aromatic heterocycles. The minimum absolute atomic E-state index is 0.0723. The summed E-state index contributed by atoms with van der Waals surface area (Å²) in [6, 6.07) is 6.58. The minimum atomic E-state index is -2.74. The standard InChI is InChI=1S/C15H15F2N3O/c1-8-4-9(2)6-11(5-8)20-15(21)13-7-12(14(16)17)18-10(3)19-13/h4-7,14H,1-3H3,(H,20,21). The van der Waals surface area contributed by atoms with E-state index < -0.39 is 18.0 Å². The first kappa shape index (κ1) is 15.0. The highest BCUT2D eigenvalue weighted by molar-refractivity contribution is 6.03. The smallest absolute Gasteiger partial charge is 0.280 e. The van der Waals surface area contributed by atoms with Gasteiger partial charge in [0.25, 0.3) is 12.3 Å². The second-order valence-corrected chi connectivity index (χ2v) is 4.86. The van der Waals surface area contributed by atoms with Crippen LogP contribution in [0, 0.1) is 20.8 Å². The van der Waals surface area contributed by atoms with Gasteiger partial charge in [0.2, 0.25) is 0 Å². The average Bonchev–Trinajstić information content (AvgIpc) is 2.36. The molecule has 0 aliphatic heterocycles. The van der Waals surface area contributed by atoms with Gasteiger partial charge in [-0.2, -0.15) is 0 Å². The molecule has 2 aromatic rings. The zero-order valence-corrected chi connectivity index (χ0v) is 11.9. The highest BCUT2D eigenvalue weighted by Crippen LogP contribution is 2.18. The highest BCUT2D eigenvalue weighted by atomic mass is 19.3. The van der Waals surface area contributed by atoms with Crippen molar-refractivity contribution in [2.24, 2.45) is 0 Å². The Kier molecular flexibility index (Phi) is 4.26. The topological polar surface area (TPSA) is 54.9 Å². The molecule has 1 N–H and O–H groups in total. The molecule has 0 spiro atoms. The number of aromatic nitrogens is 2. The quantitative estimate of drug-likeness (QED) is 0.940. The molecule has 4 nitrogen and oxygen atoms in total. The van der Waals surface area contributed by atoms with Gasteiger partial charge in [-0.05, 0) is 50.1 Å². The molecule has 0 bridgehead atoms. The zero-order chi connectivity index (χ0) is 15.6. The molecule has 110 valence electrons. The van der Waals surface area contributed by atoms with Gasteiger partial charge >= 0.3 is 0 Å². The van der Waals surface area contributed by atoms with E-state index in [0.717, 1.165) is 17.2 Å². The number of amides is 1. The largest absolute Gasteiger partial charge is 0.321 e. The summed E-state index contributed by atoms with van der Waals surface area (Å²) in [6.45, 7) is 5.29. The number of nitrogens with one attached hydrogen (secondary N) is 1. The maximum Gasteiger partial charge on any atom is 0.280 e. The van der Waals surface area contributed by atoms with Crippen LogP contribution < -0.4 is 5.32 Å². The molecule has 0 aliphatic rings. The van der Waals surface area contributed by atoms with Gasteiger partial charge in [-0.3, -0.25) is 4.79 Å². The zero-order valence-electron chi connectivity index (χ0n) is 11.9. The van der Waals surface area contributed by atoms with Crippen LogP contribution in [0.5, 0.6) is 0 Å². The predicted octanol–water partition coefficient (Wildman–Crippen LogP) is 3.59. The van der Waals surface area contributed by atoms with Crippen LogP contribution in [0.1, 0.15) is 39.6 Å². The van der Waals surface area contributed by atoms with Gasteiger partial charge in [0.15, 0.2) is 0 Å². The van der Waals surface area contributed by atoms with Crippen LogP contribution in [0.3, 0.4) is 0 Å². The van der Waals surface area contributed by atoms with E-state index in [-0.39, 0.29) is 11.5 Å². The predicted molar refractivity (Wildman–Crippen MR) is 75.6 cm³/mol. The number of rotatable bonds is 3. The fourth-order valence-electron chi connectivity index (χ4n) is 2.06. The van der Waals surface area contributed by atoms with Crippen molar-refractivity contribution >= 4 is 11.6 Å².